The SMILES string of the molecule is c1cc2c(cc1-c1nc(C3CCCN3)no1)OCO2. The van der Waals surface area contributed by atoms with Crippen molar-refractivity contribution in [3.8, 4) is 23.0 Å². The van der Waals surface area contributed by atoms with Crippen molar-refractivity contribution in [3.05, 3.63) is 24.0 Å². The molecule has 1 aromatic carbocycles. The summed E-state index contributed by atoms with van der Waals surface area (Å²) in [6.45, 7) is 1.28. The smallest absolute Gasteiger partial charge is 0.258 e. The molecule has 1 fully saturated rings. The Labute approximate surface area is 109 Å². The number of fused-ring (bicyclic) bond motifs is 1. The van der Waals surface area contributed by atoms with Crippen molar-refractivity contribution in [2.45, 2.75) is 18.9 Å². The van der Waals surface area contributed by atoms with Crippen LogP contribution in [0.2, 0.25) is 0 Å². The first-order chi connectivity index (χ1) is 9.40. The summed E-state index contributed by atoms with van der Waals surface area (Å²) in [6, 6.07) is 5.83. The Bertz CT molecular complexity index is 605. The van der Waals surface area contributed by atoms with E-state index < -0.39 is 0 Å². The maximum atomic E-state index is 5.34. The maximum Gasteiger partial charge on any atom is 0.258 e. The third-order valence-corrected chi connectivity index (χ3v) is 3.43. The van der Waals surface area contributed by atoms with E-state index in [0.29, 0.717) is 5.89 Å². The van der Waals surface area contributed by atoms with E-state index in [4.69, 9.17) is 14.0 Å². The summed E-state index contributed by atoms with van der Waals surface area (Å²) >= 11 is 0. The third-order valence-electron chi connectivity index (χ3n) is 3.43. The van der Waals surface area contributed by atoms with Gasteiger partial charge in [0, 0.05) is 5.56 Å². The first kappa shape index (κ1) is 10.8. The summed E-state index contributed by atoms with van der Waals surface area (Å²) in [6.07, 6.45) is 2.21. The number of aromatic nitrogens is 2. The monoisotopic (exact) mass is 259 g/mol. The molecule has 1 N–H and O–H groups in total. The topological polar surface area (TPSA) is 69.4 Å². The summed E-state index contributed by atoms with van der Waals surface area (Å²) in [5, 5.41) is 7.40. The zero-order valence-corrected chi connectivity index (χ0v) is 10.3. The molecule has 0 aliphatic carbocycles. The lowest BCUT2D eigenvalue weighted by molar-refractivity contribution is 0.174. The van der Waals surface area contributed by atoms with Crippen LogP contribution >= 0.6 is 0 Å². The Balaban J connectivity index is 1.65. The molecule has 19 heavy (non-hydrogen) atoms. The number of benzene rings is 1. The first-order valence-corrected chi connectivity index (χ1v) is 6.37. The molecule has 0 amide bonds. The predicted molar refractivity (Wildman–Crippen MR) is 65.8 cm³/mol. The van der Waals surface area contributed by atoms with Crippen molar-refractivity contribution in [3.63, 3.8) is 0 Å². The average Bonchev–Trinajstić information content (AvgIpc) is 3.18. The molecule has 0 saturated carbocycles. The second-order valence-electron chi connectivity index (χ2n) is 4.67. The molecule has 2 aliphatic heterocycles. The molecular formula is C13H13N3O3. The molecule has 6 heteroatoms. The molecule has 4 rings (SSSR count). The summed E-state index contributed by atoms with van der Waals surface area (Å²) in [5.74, 6) is 2.71. The lowest BCUT2D eigenvalue weighted by atomic mass is 10.2. The van der Waals surface area contributed by atoms with E-state index in [0.717, 1.165) is 42.3 Å². The number of hydrogen-bond donors (Lipinski definition) is 1. The molecule has 2 aliphatic rings. The number of nitrogens with zero attached hydrogens (tertiary/aromatic N) is 2. The maximum absolute atomic E-state index is 5.34. The van der Waals surface area contributed by atoms with Crippen LogP contribution in [0.1, 0.15) is 24.7 Å². The van der Waals surface area contributed by atoms with Gasteiger partial charge in [-0.15, -0.1) is 0 Å². The Morgan fingerprint density at radius 2 is 2.16 bits per heavy atom. The second-order valence-corrected chi connectivity index (χ2v) is 4.67. The number of ether oxygens (including phenoxy) is 2. The van der Waals surface area contributed by atoms with Crippen LogP contribution in [-0.4, -0.2) is 23.5 Å². The van der Waals surface area contributed by atoms with Gasteiger partial charge in [-0.1, -0.05) is 5.16 Å². The number of hydrogen-bond acceptors (Lipinski definition) is 6. The minimum absolute atomic E-state index is 0.214. The van der Waals surface area contributed by atoms with Crippen LogP contribution < -0.4 is 14.8 Å². The van der Waals surface area contributed by atoms with Gasteiger partial charge in [-0.3, -0.25) is 0 Å². The van der Waals surface area contributed by atoms with Gasteiger partial charge < -0.3 is 19.3 Å². The van der Waals surface area contributed by atoms with E-state index in [1.165, 1.54) is 0 Å². The van der Waals surface area contributed by atoms with Gasteiger partial charge in [-0.25, -0.2) is 0 Å². The highest BCUT2D eigenvalue weighted by molar-refractivity contribution is 5.60. The summed E-state index contributed by atoms with van der Waals surface area (Å²) in [4.78, 5) is 4.45. The fraction of sp³-hybridized carbons (Fsp3) is 0.385. The molecular weight excluding hydrogens is 246 g/mol. The Kier molecular flexibility index (Phi) is 2.41. The van der Waals surface area contributed by atoms with Gasteiger partial charge in [0.2, 0.25) is 6.79 Å². The van der Waals surface area contributed by atoms with Crippen molar-refractivity contribution < 1.29 is 14.0 Å². The van der Waals surface area contributed by atoms with E-state index in [9.17, 15) is 0 Å². The molecule has 1 aromatic heterocycles. The molecule has 1 unspecified atom stereocenters. The van der Waals surface area contributed by atoms with Crippen LogP contribution in [0.25, 0.3) is 11.5 Å². The molecule has 2 aromatic rings. The van der Waals surface area contributed by atoms with Crippen LogP contribution in [0.5, 0.6) is 11.5 Å². The van der Waals surface area contributed by atoms with E-state index in [-0.39, 0.29) is 12.8 Å². The van der Waals surface area contributed by atoms with Crippen LogP contribution in [-0.2, 0) is 0 Å². The largest absolute Gasteiger partial charge is 0.454 e. The number of nitrogens with one attached hydrogen (secondary N) is 1. The van der Waals surface area contributed by atoms with E-state index in [2.05, 4.69) is 15.5 Å². The van der Waals surface area contributed by atoms with Crippen LogP contribution in [0.4, 0.5) is 0 Å². The quantitative estimate of drug-likeness (QED) is 0.888. The highest BCUT2D eigenvalue weighted by Gasteiger charge is 2.23. The van der Waals surface area contributed by atoms with Crippen molar-refractivity contribution in [2.24, 2.45) is 0 Å². The lowest BCUT2D eigenvalue weighted by Crippen LogP contribution is -2.14. The number of rotatable bonds is 2. The van der Waals surface area contributed by atoms with E-state index >= 15 is 0 Å². The standard InChI is InChI=1S/C13H13N3O3/c1-2-9(14-5-1)12-15-13(19-16-12)8-3-4-10-11(6-8)18-7-17-10/h3-4,6,9,14H,1-2,5,7H2. The second kappa shape index (κ2) is 4.24. The minimum Gasteiger partial charge on any atom is -0.454 e. The van der Waals surface area contributed by atoms with Crippen LogP contribution in [0, 0.1) is 0 Å². The summed E-state index contributed by atoms with van der Waals surface area (Å²) in [5.41, 5.74) is 0.848. The third kappa shape index (κ3) is 1.84. The normalized spacial score (nSPS) is 20.9. The Morgan fingerprint density at radius 1 is 1.21 bits per heavy atom. The fourth-order valence-corrected chi connectivity index (χ4v) is 2.43. The molecule has 3 heterocycles. The molecule has 1 atom stereocenters. The molecule has 6 nitrogen and oxygen atoms in total. The van der Waals surface area contributed by atoms with Gasteiger partial charge in [0.05, 0.1) is 6.04 Å². The highest BCUT2D eigenvalue weighted by Crippen LogP contribution is 2.35. The average molecular weight is 259 g/mol. The van der Waals surface area contributed by atoms with Gasteiger partial charge in [-0.05, 0) is 37.6 Å². The van der Waals surface area contributed by atoms with Gasteiger partial charge in [0.25, 0.3) is 5.89 Å². The van der Waals surface area contributed by atoms with E-state index in [1.54, 1.807) is 0 Å². The zero-order chi connectivity index (χ0) is 12.7. The van der Waals surface area contributed by atoms with Gasteiger partial charge in [-0.2, -0.15) is 4.98 Å². The Hall–Kier alpha value is -2.08. The first-order valence-electron chi connectivity index (χ1n) is 6.37. The van der Waals surface area contributed by atoms with Crippen LogP contribution in [0.15, 0.2) is 22.7 Å². The molecule has 0 bridgehead atoms. The van der Waals surface area contributed by atoms with Crippen molar-refractivity contribution >= 4 is 0 Å². The summed E-state index contributed by atoms with van der Waals surface area (Å²) in [7, 11) is 0. The molecule has 1 saturated heterocycles. The molecule has 98 valence electrons. The van der Waals surface area contributed by atoms with Crippen molar-refractivity contribution in [1.82, 2.24) is 15.5 Å². The summed E-state index contributed by atoms with van der Waals surface area (Å²) < 4.78 is 15.9. The van der Waals surface area contributed by atoms with E-state index in [1.807, 2.05) is 18.2 Å². The van der Waals surface area contributed by atoms with Gasteiger partial charge >= 0.3 is 0 Å². The van der Waals surface area contributed by atoms with Gasteiger partial charge in [0.1, 0.15) is 0 Å². The van der Waals surface area contributed by atoms with Crippen molar-refractivity contribution in [1.29, 1.82) is 0 Å². The Morgan fingerprint density at radius 3 is 3.05 bits per heavy atom. The molecule has 0 spiro atoms. The van der Waals surface area contributed by atoms with Crippen molar-refractivity contribution in [2.75, 3.05) is 13.3 Å². The molecule has 0 radical (unpaired) electrons. The van der Waals surface area contributed by atoms with Gasteiger partial charge in [0.15, 0.2) is 17.3 Å². The predicted octanol–water partition coefficient (Wildman–Crippen LogP) is 1.89. The van der Waals surface area contributed by atoms with Crippen LogP contribution in [0.3, 0.4) is 0 Å². The minimum atomic E-state index is 0.214. The highest BCUT2D eigenvalue weighted by atomic mass is 16.7. The zero-order valence-electron chi connectivity index (χ0n) is 10.3. The fourth-order valence-electron chi connectivity index (χ4n) is 2.43. The lowest BCUT2D eigenvalue weighted by Gasteiger charge is -2.01.